The van der Waals surface area contributed by atoms with Gasteiger partial charge in [-0.15, -0.1) is 0 Å². The second kappa shape index (κ2) is 6.89. The number of rotatable bonds is 3. The highest BCUT2D eigenvalue weighted by Gasteiger charge is 2.27. The summed E-state index contributed by atoms with van der Waals surface area (Å²) in [5.74, 6) is 0.747. The molecule has 5 nitrogen and oxygen atoms in total. The number of nitrogens with zero attached hydrogens (tertiary/aromatic N) is 4. The number of carbonyl (C=O) groups excluding carboxylic acids is 1. The van der Waals surface area contributed by atoms with Crippen molar-refractivity contribution < 1.29 is 4.79 Å². The van der Waals surface area contributed by atoms with E-state index >= 15 is 0 Å². The zero-order chi connectivity index (χ0) is 19.9. The van der Waals surface area contributed by atoms with Crippen LogP contribution < -0.4 is 0 Å². The van der Waals surface area contributed by atoms with Gasteiger partial charge in [-0.25, -0.2) is 9.97 Å². The van der Waals surface area contributed by atoms with E-state index in [2.05, 4.69) is 44.8 Å². The first-order valence-electron chi connectivity index (χ1n) is 9.81. The first-order chi connectivity index (χ1) is 13.4. The van der Waals surface area contributed by atoms with Gasteiger partial charge in [-0.2, -0.15) is 0 Å². The minimum atomic E-state index is -0.144. The van der Waals surface area contributed by atoms with Crippen molar-refractivity contribution in [3.8, 4) is 11.3 Å². The Kier molecular flexibility index (Phi) is 4.53. The van der Waals surface area contributed by atoms with Crippen LogP contribution in [-0.2, 0) is 5.41 Å². The van der Waals surface area contributed by atoms with Crippen LogP contribution in [0.1, 0.15) is 50.2 Å². The maximum atomic E-state index is 13.1. The smallest absolute Gasteiger partial charge is 0.254 e. The van der Waals surface area contributed by atoms with E-state index in [9.17, 15) is 4.79 Å². The van der Waals surface area contributed by atoms with Crippen molar-refractivity contribution in [1.29, 1.82) is 0 Å². The summed E-state index contributed by atoms with van der Waals surface area (Å²) < 4.78 is 2.01. The van der Waals surface area contributed by atoms with Crippen LogP contribution in [0.4, 0.5) is 0 Å². The summed E-state index contributed by atoms with van der Waals surface area (Å²) in [7, 11) is 0. The number of benzene rings is 1. The molecule has 0 saturated heterocycles. The third-order valence-corrected chi connectivity index (χ3v) is 5.24. The van der Waals surface area contributed by atoms with Gasteiger partial charge < -0.3 is 4.90 Å². The molecule has 3 heterocycles. The van der Waals surface area contributed by atoms with Crippen LogP contribution in [0.2, 0.25) is 0 Å². The molecular weight excluding hydrogens is 348 g/mol. The van der Waals surface area contributed by atoms with E-state index in [4.69, 9.17) is 4.98 Å². The highest BCUT2D eigenvalue weighted by Crippen LogP contribution is 2.33. The van der Waals surface area contributed by atoms with Crippen molar-refractivity contribution in [3.63, 3.8) is 0 Å². The lowest BCUT2D eigenvalue weighted by Crippen LogP contribution is -2.35. The molecule has 1 aliphatic heterocycles. The van der Waals surface area contributed by atoms with Crippen LogP contribution in [0.25, 0.3) is 17.0 Å². The van der Waals surface area contributed by atoms with Gasteiger partial charge in [0.25, 0.3) is 5.91 Å². The third-order valence-electron chi connectivity index (χ3n) is 5.24. The molecule has 0 fully saturated rings. The fourth-order valence-corrected chi connectivity index (χ4v) is 3.81. The molecule has 0 spiro atoms. The zero-order valence-corrected chi connectivity index (χ0v) is 16.9. The Morgan fingerprint density at radius 3 is 2.82 bits per heavy atom. The van der Waals surface area contributed by atoms with Gasteiger partial charge in [0.1, 0.15) is 0 Å². The lowest BCUT2D eigenvalue weighted by Gasteiger charge is -2.24. The van der Waals surface area contributed by atoms with Gasteiger partial charge >= 0.3 is 0 Å². The van der Waals surface area contributed by atoms with Gasteiger partial charge in [0, 0.05) is 35.5 Å². The minimum absolute atomic E-state index is 0.0722. The molecule has 5 heteroatoms. The largest absolute Gasteiger partial charge is 0.329 e. The Morgan fingerprint density at radius 2 is 2.07 bits per heavy atom. The molecule has 1 aromatic carbocycles. The Morgan fingerprint density at radius 1 is 1.25 bits per heavy atom. The SMILES string of the molecule is CCC1C=CCN1C(=O)c1cccc(-c2c(C(C)(C)C)nc3ncccn23)c1. The molecule has 1 amide bonds. The highest BCUT2D eigenvalue weighted by atomic mass is 16.2. The summed E-state index contributed by atoms with van der Waals surface area (Å²) in [4.78, 5) is 24.3. The van der Waals surface area contributed by atoms with Crippen LogP contribution in [0.3, 0.4) is 0 Å². The molecule has 0 N–H and O–H groups in total. The summed E-state index contributed by atoms with van der Waals surface area (Å²) in [5.41, 5.74) is 3.52. The quantitative estimate of drug-likeness (QED) is 0.635. The molecule has 0 aliphatic carbocycles. The summed E-state index contributed by atoms with van der Waals surface area (Å²) in [6, 6.07) is 9.97. The van der Waals surface area contributed by atoms with E-state index in [-0.39, 0.29) is 17.4 Å². The summed E-state index contributed by atoms with van der Waals surface area (Å²) >= 11 is 0. The van der Waals surface area contributed by atoms with Gasteiger partial charge in [-0.3, -0.25) is 9.20 Å². The molecule has 1 aliphatic rings. The molecule has 0 radical (unpaired) electrons. The second-order valence-electron chi connectivity index (χ2n) is 8.29. The Bertz CT molecular complexity index is 1060. The Hall–Kier alpha value is -2.95. The minimum Gasteiger partial charge on any atom is -0.329 e. The second-order valence-corrected chi connectivity index (χ2v) is 8.29. The molecule has 4 rings (SSSR count). The average molecular weight is 374 g/mol. The van der Waals surface area contributed by atoms with Crippen LogP contribution in [-0.4, -0.2) is 37.8 Å². The van der Waals surface area contributed by atoms with Crippen LogP contribution >= 0.6 is 0 Å². The molecule has 1 unspecified atom stereocenters. The maximum Gasteiger partial charge on any atom is 0.254 e. The Labute approximate surface area is 165 Å². The van der Waals surface area contributed by atoms with Crippen molar-refractivity contribution in [2.75, 3.05) is 6.54 Å². The summed E-state index contributed by atoms with van der Waals surface area (Å²) in [5, 5.41) is 0. The molecule has 0 bridgehead atoms. The maximum absolute atomic E-state index is 13.1. The molecule has 2 aromatic heterocycles. The van der Waals surface area contributed by atoms with Crippen molar-refractivity contribution in [2.45, 2.75) is 45.6 Å². The summed E-state index contributed by atoms with van der Waals surface area (Å²) in [6.45, 7) is 9.23. The standard InChI is InChI=1S/C23H26N4O/c1-5-18-11-7-13-26(18)21(28)17-10-6-9-16(15-17)19-20(23(2,3)4)25-22-24-12-8-14-27(19)22/h6-12,14-15,18H,5,13H2,1-4H3. The molecule has 28 heavy (non-hydrogen) atoms. The molecule has 1 atom stereocenters. The molecule has 144 valence electrons. The van der Waals surface area contributed by atoms with Gasteiger partial charge in [0.05, 0.1) is 17.4 Å². The van der Waals surface area contributed by atoms with Crippen LogP contribution in [0, 0.1) is 0 Å². The number of hydrogen-bond donors (Lipinski definition) is 0. The van der Waals surface area contributed by atoms with E-state index in [1.807, 2.05) is 45.8 Å². The van der Waals surface area contributed by atoms with Gasteiger partial charge in [-0.1, -0.05) is 52.0 Å². The van der Waals surface area contributed by atoms with E-state index < -0.39 is 0 Å². The third kappa shape index (κ3) is 3.11. The lowest BCUT2D eigenvalue weighted by atomic mass is 9.88. The van der Waals surface area contributed by atoms with Crippen molar-refractivity contribution in [2.24, 2.45) is 0 Å². The van der Waals surface area contributed by atoms with Crippen molar-refractivity contribution in [1.82, 2.24) is 19.3 Å². The van der Waals surface area contributed by atoms with Crippen LogP contribution in [0.15, 0.2) is 54.9 Å². The summed E-state index contributed by atoms with van der Waals surface area (Å²) in [6.07, 6.45) is 8.85. The predicted molar refractivity (Wildman–Crippen MR) is 111 cm³/mol. The van der Waals surface area contributed by atoms with E-state index in [0.29, 0.717) is 17.9 Å². The fourth-order valence-electron chi connectivity index (χ4n) is 3.81. The van der Waals surface area contributed by atoms with Crippen molar-refractivity contribution >= 4 is 11.7 Å². The number of amides is 1. The zero-order valence-electron chi connectivity index (χ0n) is 16.9. The van der Waals surface area contributed by atoms with Crippen molar-refractivity contribution in [3.05, 3.63) is 66.1 Å². The normalized spacial score (nSPS) is 16.9. The predicted octanol–water partition coefficient (Wildman–Crippen LogP) is 4.48. The van der Waals surface area contributed by atoms with Gasteiger partial charge in [0.2, 0.25) is 5.78 Å². The first-order valence-corrected chi connectivity index (χ1v) is 9.81. The molecule has 0 saturated carbocycles. The number of fused-ring (bicyclic) bond motifs is 1. The van der Waals surface area contributed by atoms with E-state index in [1.54, 1.807) is 6.20 Å². The van der Waals surface area contributed by atoms with Gasteiger partial charge in [-0.05, 0) is 24.6 Å². The number of hydrogen-bond acceptors (Lipinski definition) is 3. The number of imidazole rings is 1. The van der Waals surface area contributed by atoms with E-state index in [0.717, 1.165) is 23.4 Å². The first kappa shape index (κ1) is 18.4. The monoisotopic (exact) mass is 374 g/mol. The lowest BCUT2D eigenvalue weighted by molar-refractivity contribution is 0.0747. The van der Waals surface area contributed by atoms with E-state index in [1.165, 1.54) is 0 Å². The molecular formula is C23H26N4O. The molecule has 3 aromatic rings. The van der Waals surface area contributed by atoms with Gasteiger partial charge in [0.15, 0.2) is 0 Å². The number of carbonyl (C=O) groups is 1. The average Bonchev–Trinajstić information content (AvgIpc) is 3.31. The number of aromatic nitrogens is 3. The highest BCUT2D eigenvalue weighted by molar-refractivity contribution is 5.96. The topological polar surface area (TPSA) is 50.5 Å². The van der Waals surface area contributed by atoms with Crippen LogP contribution in [0.5, 0.6) is 0 Å². The fraction of sp³-hybridized carbons (Fsp3) is 0.348. The Balaban J connectivity index is 1.81.